The monoisotopic (exact) mass is 630 g/mol. The number of hydrogen-bond acceptors (Lipinski definition) is 0. The lowest BCUT2D eigenvalue weighted by Gasteiger charge is -2.07. The van der Waals surface area contributed by atoms with Crippen LogP contribution in [0, 0.1) is 0 Å². The predicted octanol–water partition coefficient (Wildman–Crippen LogP) is 14.6. The van der Waals surface area contributed by atoms with Gasteiger partial charge in [0.05, 0.1) is 13.1 Å². The SMILES string of the molecule is CCCCCCCCCCCCCCCCCC[n+]1ccn(CCCCCCCCCCCCCC)c1CCCCCCCC. The third kappa shape index (κ3) is 26.9. The average molecular weight is 630 g/mol. The summed E-state index contributed by atoms with van der Waals surface area (Å²) in [4.78, 5) is 0. The third-order valence-electron chi connectivity index (χ3n) is 10.3. The molecule has 0 radical (unpaired) electrons. The quantitative estimate of drug-likeness (QED) is 0.0511. The van der Waals surface area contributed by atoms with Crippen LogP contribution in [0.2, 0.25) is 0 Å². The number of rotatable bonds is 37. The van der Waals surface area contributed by atoms with E-state index in [0.29, 0.717) is 0 Å². The molecular weight excluding hydrogens is 544 g/mol. The Kier molecular flexibility index (Phi) is 32.4. The van der Waals surface area contributed by atoms with Crippen LogP contribution in [-0.2, 0) is 19.5 Å². The molecule has 2 nitrogen and oxygen atoms in total. The van der Waals surface area contributed by atoms with Crippen LogP contribution >= 0.6 is 0 Å². The molecule has 0 aliphatic rings. The summed E-state index contributed by atoms with van der Waals surface area (Å²) in [5.41, 5.74) is 0. The molecule has 266 valence electrons. The predicted molar refractivity (Wildman–Crippen MR) is 202 cm³/mol. The van der Waals surface area contributed by atoms with Gasteiger partial charge in [0.1, 0.15) is 12.4 Å². The molecule has 0 fully saturated rings. The average Bonchev–Trinajstić information content (AvgIpc) is 3.43. The van der Waals surface area contributed by atoms with Crippen molar-refractivity contribution in [3.8, 4) is 0 Å². The topological polar surface area (TPSA) is 8.81 Å². The summed E-state index contributed by atoms with van der Waals surface area (Å²) in [7, 11) is 0. The number of aromatic nitrogens is 2. The molecule has 1 aromatic heterocycles. The molecule has 1 rings (SSSR count). The molecule has 0 saturated carbocycles. The fourth-order valence-electron chi connectivity index (χ4n) is 7.21. The van der Waals surface area contributed by atoms with Crippen molar-refractivity contribution >= 4 is 0 Å². The summed E-state index contributed by atoms with van der Waals surface area (Å²) >= 11 is 0. The molecule has 2 heteroatoms. The molecule has 0 bridgehead atoms. The van der Waals surface area contributed by atoms with Crippen molar-refractivity contribution in [1.82, 2.24) is 4.57 Å². The van der Waals surface area contributed by atoms with Crippen LogP contribution < -0.4 is 4.57 Å². The smallest absolute Gasteiger partial charge is 0.234 e. The highest BCUT2D eigenvalue weighted by molar-refractivity contribution is 4.84. The lowest BCUT2D eigenvalue weighted by molar-refractivity contribution is -0.704. The first-order valence-corrected chi connectivity index (χ1v) is 21.4. The fourth-order valence-corrected chi connectivity index (χ4v) is 7.21. The lowest BCUT2D eigenvalue weighted by atomic mass is 10.0. The summed E-state index contributed by atoms with van der Waals surface area (Å²) in [6.07, 6.45) is 54.9. The van der Waals surface area contributed by atoms with E-state index in [1.54, 1.807) is 5.82 Å². The first kappa shape index (κ1) is 42.2. The molecule has 0 saturated heterocycles. The van der Waals surface area contributed by atoms with Gasteiger partial charge < -0.3 is 0 Å². The third-order valence-corrected chi connectivity index (χ3v) is 10.3. The minimum Gasteiger partial charge on any atom is -0.234 e. The molecule has 0 unspecified atom stereocenters. The van der Waals surface area contributed by atoms with E-state index in [0.717, 1.165) is 0 Å². The van der Waals surface area contributed by atoms with E-state index in [-0.39, 0.29) is 0 Å². The van der Waals surface area contributed by atoms with Gasteiger partial charge in [0, 0.05) is 6.42 Å². The Morgan fingerprint density at radius 1 is 0.378 bits per heavy atom. The molecule has 0 amide bonds. The number of imidazole rings is 1. The number of hydrogen-bond donors (Lipinski definition) is 0. The van der Waals surface area contributed by atoms with Gasteiger partial charge in [-0.3, -0.25) is 0 Å². The maximum absolute atomic E-state index is 2.64. The first-order chi connectivity index (χ1) is 22.3. The largest absolute Gasteiger partial charge is 0.256 e. The van der Waals surface area contributed by atoms with Gasteiger partial charge in [-0.2, -0.15) is 0 Å². The van der Waals surface area contributed by atoms with Crippen LogP contribution in [0.5, 0.6) is 0 Å². The van der Waals surface area contributed by atoms with Crippen molar-refractivity contribution in [2.75, 3.05) is 0 Å². The number of unbranched alkanes of at least 4 members (excludes halogenated alkanes) is 31. The van der Waals surface area contributed by atoms with E-state index >= 15 is 0 Å². The second kappa shape index (κ2) is 34.5. The van der Waals surface area contributed by atoms with Crippen molar-refractivity contribution in [2.24, 2.45) is 0 Å². The molecule has 0 N–H and O–H groups in total. The Labute approximate surface area is 285 Å². The van der Waals surface area contributed by atoms with E-state index < -0.39 is 0 Å². The molecule has 0 aromatic carbocycles. The minimum atomic E-state index is 1.23. The standard InChI is InChI=1S/C43H85N2/c1-4-7-10-13-16-18-20-22-23-24-25-27-29-31-34-37-40-45-42-41-44(43(45)38-35-32-15-12-9-6-3)39-36-33-30-28-26-21-19-17-14-11-8-5-2/h41-42H,4-40H2,1-3H3/q+1. The van der Waals surface area contributed by atoms with E-state index in [1.165, 1.54) is 238 Å². The van der Waals surface area contributed by atoms with Crippen LogP contribution in [0.25, 0.3) is 0 Å². The van der Waals surface area contributed by atoms with E-state index in [9.17, 15) is 0 Å². The Morgan fingerprint density at radius 3 is 1.07 bits per heavy atom. The Balaban J connectivity index is 2.19. The lowest BCUT2D eigenvalue weighted by Crippen LogP contribution is -2.37. The van der Waals surface area contributed by atoms with Gasteiger partial charge in [0.25, 0.3) is 5.82 Å². The zero-order valence-electron chi connectivity index (χ0n) is 31.7. The highest BCUT2D eigenvalue weighted by Gasteiger charge is 2.16. The van der Waals surface area contributed by atoms with Gasteiger partial charge in [-0.15, -0.1) is 0 Å². The van der Waals surface area contributed by atoms with Gasteiger partial charge in [-0.05, 0) is 32.1 Å². The van der Waals surface area contributed by atoms with Gasteiger partial charge in [-0.25, -0.2) is 9.13 Å². The van der Waals surface area contributed by atoms with E-state index in [1.807, 2.05) is 0 Å². The Bertz CT molecular complexity index is 692. The van der Waals surface area contributed by atoms with Crippen LogP contribution in [0.1, 0.15) is 245 Å². The highest BCUT2D eigenvalue weighted by atomic mass is 15.1. The second-order valence-corrected chi connectivity index (χ2v) is 14.8. The summed E-state index contributed by atoms with van der Waals surface area (Å²) in [5, 5.41) is 0. The molecule has 0 aliphatic carbocycles. The van der Waals surface area contributed by atoms with Crippen LogP contribution in [0.15, 0.2) is 12.4 Å². The minimum absolute atomic E-state index is 1.23. The summed E-state index contributed by atoms with van der Waals surface area (Å²) < 4.78 is 5.27. The Morgan fingerprint density at radius 2 is 0.689 bits per heavy atom. The molecule has 45 heavy (non-hydrogen) atoms. The van der Waals surface area contributed by atoms with Crippen molar-refractivity contribution in [3.05, 3.63) is 18.2 Å². The van der Waals surface area contributed by atoms with Gasteiger partial charge >= 0.3 is 0 Å². The van der Waals surface area contributed by atoms with Crippen molar-refractivity contribution in [3.63, 3.8) is 0 Å². The van der Waals surface area contributed by atoms with Crippen LogP contribution in [-0.4, -0.2) is 4.57 Å². The summed E-state index contributed by atoms with van der Waals surface area (Å²) in [6, 6.07) is 0. The van der Waals surface area contributed by atoms with E-state index in [2.05, 4.69) is 42.3 Å². The molecule has 0 atom stereocenters. The van der Waals surface area contributed by atoms with Gasteiger partial charge in [0.15, 0.2) is 0 Å². The Hall–Kier alpha value is -0.790. The summed E-state index contributed by atoms with van der Waals surface area (Å²) in [6.45, 7) is 9.41. The fraction of sp³-hybridized carbons (Fsp3) is 0.930. The van der Waals surface area contributed by atoms with Crippen molar-refractivity contribution in [2.45, 2.75) is 259 Å². The molecule has 1 heterocycles. The van der Waals surface area contributed by atoms with Crippen LogP contribution in [0.4, 0.5) is 0 Å². The summed E-state index contributed by atoms with van der Waals surface area (Å²) in [5.74, 6) is 1.62. The van der Waals surface area contributed by atoms with Crippen LogP contribution in [0.3, 0.4) is 0 Å². The van der Waals surface area contributed by atoms with Crippen molar-refractivity contribution in [1.29, 1.82) is 0 Å². The normalized spacial score (nSPS) is 11.6. The zero-order chi connectivity index (χ0) is 32.3. The highest BCUT2D eigenvalue weighted by Crippen LogP contribution is 2.16. The van der Waals surface area contributed by atoms with E-state index in [4.69, 9.17) is 0 Å². The van der Waals surface area contributed by atoms with Crippen molar-refractivity contribution < 1.29 is 4.57 Å². The number of aryl methyl sites for hydroxylation is 2. The maximum atomic E-state index is 2.64. The maximum Gasteiger partial charge on any atom is 0.256 e. The number of nitrogens with zero attached hydrogens (tertiary/aromatic N) is 2. The molecule has 1 aromatic rings. The zero-order valence-corrected chi connectivity index (χ0v) is 31.7. The van der Waals surface area contributed by atoms with Gasteiger partial charge in [0.2, 0.25) is 0 Å². The first-order valence-electron chi connectivity index (χ1n) is 21.4. The van der Waals surface area contributed by atoms with Gasteiger partial charge in [-0.1, -0.05) is 207 Å². The molecule has 0 spiro atoms. The molecular formula is C43H85N2+. The second-order valence-electron chi connectivity index (χ2n) is 14.8. The molecule has 0 aliphatic heterocycles.